The predicted molar refractivity (Wildman–Crippen MR) is 97.8 cm³/mol. The normalized spacial score (nSPS) is 18.6. The van der Waals surface area contributed by atoms with Crippen LogP contribution in [0.2, 0.25) is 0 Å². The maximum absolute atomic E-state index is 6.04. The van der Waals surface area contributed by atoms with Crippen LogP contribution in [0.1, 0.15) is 23.1 Å². The van der Waals surface area contributed by atoms with Crippen LogP contribution < -0.4 is 4.74 Å². The van der Waals surface area contributed by atoms with Crippen LogP contribution in [-0.2, 0) is 11.3 Å². The second-order valence-corrected chi connectivity index (χ2v) is 6.54. The molecular weight excluding hydrogens is 314 g/mol. The molecule has 5 heteroatoms. The molecule has 0 saturated carbocycles. The van der Waals surface area contributed by atoms with Crippen LogP contribution in [0.25, 0.3) is 10.8 Å². The topological polar surface area (TPSA) is 50.4 Å². The van der Waals surface area contributed by atoms with Crippen molar-refractivity contribution in [3.63, 3.8) is 0 Å². The molecule has 0 amide bonds. The first-order valence-corrected chi connectivity index (χ1v) is 8.63. The van der Waals surface area contributed by atoms with Gasteiger partial charge in [-0.15, -0.1) is 0 Å². The summed E-state index contributed by atoms with van der Waals surface area (Å²) in [6.07, 6.45) is 1.86. The number of hydrogen-bond donors (Lipinski definition) is 1. The second-order valence-electron chi connectivity index (χ2n) is 6.54. The minimum atomic E-state index is 0.0968. The monoisotopic (exact) mass is 337 g/mol. The van der Waals surface area contributed by atoms with Crippen molar-refractivity contribution < 1.29 is 9.47 Å². The molecule has 1 aliphatic rings. The van der Waals surface area contributed by atoms with E-state index in [1.54, 1.807) is 13.4 Å². The summed E-state index contributed by atoms with van der Waals surface area (Å²) in [6, 6.07) is 12.7. The van der Waals surface area contributed by atoms with Crippen molar-refractivity contribution >= 4 is 10.8 Å². The molecule has 0 bridgehead atoms. The molecule has 2 aromatic carbocycles. The van der Waals surface area contributed by atoms with E-state index in [4.69, 9.17) is 9.47 Å². The first kappa shape index (κ1) is 16.1. The summed E-state index contributed by atoms with van der Waals surface area (Å²) in [5.74, 6) is 0.884. The summed E-state index contributed by atoms with van der Waals surface area (Å²) in [4.78, 5) is 9.98. The minimum absolute atomic E-state index is 0.0968. The van der Waals surface area contributed by atoms with Gasteiger partial charge in [-0.25, -0.2) is 4.98 Å². The molecular formula is C20H23N3O2. The van der Waals surface area contributed by atoms with E-state index in [0.717, 1.165) is 43.4 Å². The smallest absolute Gasteiger partial charge is 0.119 e. The van der Waals surface area contributed by atoms with E-state index in [0.29, 0.717) is 0 Å². The number of methoxy groups -OCH3 is 1. The molecule has 4 rings (SSSR count). The summed E-state index contributed by atoms with van der Waals surface area (Å²) in [5, 5.41) is 2.39. The van der Waals surface area contributed by atoms with Gasteiger partial charge in [0.15, 0.2) is 0 Å². The summed E-state index contributed by atoms with van der Waals surface area (Å²) in [7, 11) is 1.70. The Hall–Kier alpha value is -2.37. The van der Waals surface area contributed by atoms with Gasteiger partial charge in [0, 0.05) is 25.3 Å². The first-order valence-electron chi connectivity index (χ1n) is 8.63. The van der Waals surface area contributed by atoms with Crippen LogP contribution in [0.3, 0.4) is 0 Å². The van der Waals surface area contributed by atoms with Gasteiger partial charge in [0.1, 0.15) is 5.75 Å². The number of morpholine rings is 1. The van der Waals surface area contributed by atoms with E-state index >= 15 is 0 Å². The Bertz CT molecular complexity index is 874. The lowest BCUT2D eigenvalue weighted by atomic mass is 10.0. The predicted octanol–water partition coefficient (Wildman–Crippen LogP) is 3.45. The molecule has 0 aliphatic carbocycles. The van der Waals surface area contributed by atoms with Crippen molar-refractivity contribution in [2.24, 2.45) is 0 Å². The Morgan fingerprint density at radius 3 is 2.88 bits per heavy atom. The fourth-order valence-electron chi connectivity index (χ4n) is 3.38. The van der Waals surface area contributed by atoms with Crippen LogP contribution in [0, 0.1) is 6.92 Å². The van der Waals surface area contributed by atoms with Crippen molar-refractivity contribution in [1.29, 1.82) is 0 Å². The molecule has 1 fully saturated rings. The van der Waals surface area contributed by atoms with Gasteiger partial charge in [-0.3, -0.25) is 4.90 Å². The van der Waals surface area contributed by atoms with Gasteiger partial charge in [0.2, 0.25) is 0 Å². The number of nitrogens with one attached hydrogen (secondary N) is 1. The Kier molecular flexibility index (Phi) is 4.42. The lowest BCUT2D eigenvalue weighted by Crippen LogP contribution is -2.38. The average Bonchev–Trinajstić information content (AvgIpc) is 3.05. The molecule has 130 valence electrons. The Morgan fingerprint density at radius 1 is 1.24 bits per heavy atom. The van der Waals surface area contributed by atoms with Crippen LogP contribution in [-0.4, -0.2) is 41.7 Å². The SMILES string of the molecule is COc1ccc2cc(C3CN(Cc4nc[nH]c4C)CCO3)ccc2c1. The summed E-state index contributed by atoms with van der Waals surface area (Å²) < 4.78 is 11.3. The van der Waals surface area contributed by atoms with Crippen molar-refractivity contribution in [3.05, 3.63) is 59.7 Å². The number of H-pyrrole nitrogens is 1. The number of aromatic nitrogens is 2. The fourth-order valence-corrected chi connectivity index (χ4v) is 3.38. The van der Waals surface area contributed by atoms with Crippen molar-refractivity contribution in [3.8, 4) is 5.75 Å². The van der Waals surface area contributed by atoms with Gasteiger partial charge in [-0.1, -0.05) is 18.2 Å². The highest BCUT2D eigenvalue weighted by molar-refractivity contribution is 5.84. The maximum atomic E-state index is 6.04. The van der Waals surface area contributed by atoms with Crippen LogP contribution in [0.5, 0.6) is 5.75 Å². The molecule has 25 heavy (non-hydrogen) atoms. The van der Waals surface area contributed by atoms with Crippen molar-refractivity contribution in [1.82, 2.24) is 14.9 Å². The number of aryl methyl sites for hydroxylation is 1. The molecule has 1 aliphatic heterocycles. The Labute approximate surface area is 147 Å². The third-order valence-corrected chi connectivity index (χ3v) is 4.90. The zero-order chi connectivity index (χ0) is 17.2. The number of ether oxygens (including phenoxy) is 2. The van der Waals surface area contributed by atoms with Crippen LogP contribution in [0.4, 0.5) is 0 Å². The molecule has 2 heterocycles. The summed E-state index contributed by atoms with van der Waals surface area (Å²) in [5.41, 5.74) is 3.48. The molecule has 5 nitrogen and oxygen atoms in total. The van der Waals surface area contributed by atoms with E-state index in [9.17, 15) is 0 Å². The van der Waals surface area contributed by atoms with Gasteiger partial charge in [-0.2, -0.15) is 0 Å². The molecule has 1 unspecified atom stereocenters. The highest BCUT2D eigenvalue weighted by Gasteiger charge is 2.23. The third kappa shape index (κ3) is 3.38. The standard InChI is InChI=1S/C20H23N3O2/c1-14-19(22-13-21-14)11-23-7-8-25-20(12-23)17-4-3-16-10-18(24-2)6-5-15(16)9-17/h3-6,9-10,13,20H,7-8,11-12H2,1-2H3,(H,21,22). The number of imidazole rings is 1. The highest BCUT2D eigenvalue weighted by atomic mass is 16.5. The van der Waals surface area contributed by atoms with Gasteiger partial charge < -0.3 is 14.5 Å². The number of benzene rings is 2. The molecule has 3 aromatic rings. The quantitative estimate of drug-likeness (QED) is 0.792. The molecule has 1 N–H and O–H groups in total. The average molecular weight is 337 g/mol. The second kappa shape index (κ2) is 6.86. The Morgan fingerprint density at radius 2 is 2.08 bits per heavy atom. The third-order valence-electron chi connectivity index (χ3n) is 4.90. The minimum Gasteiger partial charge on any atom is -0.497 e. The van der Waals surface area contributed by atoms with Crippen molar-refractivity contribution in [2.75, 3.05) is 26.8 Å². The largest absolute Gasteiger partial charge is 0.497 e. The lowest BCUT2D eigenvalue weighted by Gasteiger charge is -2.33. The number of aromatic amines is 1. The molecule has 0 radical (unpaired) electrons. The molecule has 1 saturated heterocycles. The van der Waals surface area contributed by atoms with E-state index in [1.807, 2.05) is 6.07 Å². The number of hydrogen-bond acceptors (Lipinski definition) is 4. The summed E-state index contributed by atoms with van der Waals surface area (Å²) in [6.45, 7) is 5.49. The number of fused-ring (bicyclic) bond motifs is 1. The van der Waals surface area contributed by atoms with Gasteiger partial charge in [0.05, 0.1) is 31.8 Å². The zero-order valence-electron chi connectivity index (χ0n) is 14.7. The zero-order valence-corrected chi connectivity index (χ0v) is 14.7. The first-order chi connectivity index (χ1) is 12.2. The van der Waals surface area contributed by atoms with E-state index in [-0.39, 0.29) is 6.10 Å². The van der Waals surface area contributed by atoms with Gasteiger partial charge in [-0.05, 0) is 41.5 Å². The molecule has 1 aromatic heterocycles. The van der Waals surface area contributed by atoms with E-state index in [2.05, 4.69) is 52.1 Å². The fraction of sp³-hybridized carbons (Fsp3) is 0.350. The molecule has 1 atom stereocenters. The van der Waals surface area contributed by atoms with Crippen LogP contribution >= 0.6 is 0 Å². The number of nitrogens with zero attached hydrogens (tertiary/aromatic N) is 2. The Balaban J connectivity index is 1.52. The van der Waals surface area contributed by atoms with Crippen molar-refractivity contribution in [2.45, 2.75) is 19.6 Å². The lowest BCUT2D eigenvalue weighted by molar-refractivity contribution is -0.0332. The van der Waals surface area contributed by atoms with E-state index < -0.39 is 0 Å². The van der Waals surface area contributed by atoms with Crippen LogP contribution in [0.15, 0.2) is 42.7 Å². The van der Waals surface area contributed by atoms with Gasteiger partial charge in [0.25, 0.3) is 0 Å². The number of rotatable bonds is 4. The maximum Gasteiger partial charge on any atom is 0.119 e. The highest BCUT2D eigenvalue weighted by Crippen LogP contribution is 2.28. The van der Waals surface area contributed by atoms with Gasteiger partial charge >= 0.3 is 0 Å². The van der Waals surface area contributed by atoms with E-state index in [1.165, 1.54) is 16.3 Å². The summed E-state index contributed by atoms with van der Waals surface area (Å²) >= 11 is 0. The molecule has 0 spiro atoms.